The molecule has 17 heavy (non-hydrogen) atoms. The highest BCUT2D eigenvalue weighted by molar-refractivity contribution is 7.90. The summed E-state index contributed by atoms with van der Waals surface area (Å²) in [6.45, 7) is 8.64. The summed E-state index contributed by atoms with van der Waals surface area (Å²) in [5.41, 5.74) is 0.278. The van der Waals surface area contributed by atoms with Gasteiger partial charge in [-0.15, -0.1) is 0 Å². The van der Waals surface area contributed by atoms with E-state index in [2.05, 4.69) is 26.1 Å². The van der Waals surface area contributed by atoms with Gasteiger partial charge in [-0.1, -0.05) is 20.8 Å². The van der Waals surface area contributed by atoms with Gasteiger partial charge in [0.2, 0.25) is 0 Å². The minimum Gasteiger partial charge on any atom is -0.316 e. The Morgan fingerprint density at radius 2 is 1.71 bits per heavy atom. The third-order valence-electron chi connectivity index (χ3n) is 3.65. The van der Waals surface area contributed by atoms with E-state index in [0.717, 1.165) is 45.2 Å². The van der Waals surface area contributed by atoms with Crippen LogP contribution in [0.2, 0.25) is 0 Å². The lowest BCUT2D eigenvalue weighted by Crippen LogP contribution is -2.34. The lowest BCUT2D eigenvalue weighted by atomic mass is 9.78. The second-order valence-electron chi connectivity index (χ2n) is 5.12. The van der Waals surface area contributed by atoms with E-state index in [1.807, 2.05) is 0 Å². The summed E-state index contributed by atoms with van der Waals surface area (Å²) < 4.78 is 22.3. The molecule has 0 amide bonds. The summed E-state index contributed by atoms with van der Waals surface area (Å²) in [6, 6.07) is 0. The molecule has 0 bridgehead atoms. The molecule has 3 nitrogen and oxygen atoms in total. The Labute approximate surface area is 107 Å². The van der Waals surface area contributed by atoms with Crippen molar-refractivity contribution < 1.29 is 8.42 Å². The van der Waals surface area contributed by atoms with Crippen LogP contribution in [0.15, 0.2) is 0 Å². The first-order valence-corrected chi connectivity index (χ1v) is 8.83. The minimum atomic E-state index is -2.81. The molecule has 4 heteroatoms. The normalized spacial score (nSPS) is 12.9. The number of hydrogen-bond donors (Lipinski definition) is 1. The molecule has 0 aromatic heterocycles. The van der Waals surface area contributed by atoms with E-state index in [4.69, 9.17) is 0 Å². The Balaban J connectivity index is 4.20. The molecule has 0 spiro atoms. The van der Waals surface area contributed by atoms with E-state index in [1.165, 1.54) is 6.26 Å². The molecule has 0 atom stereocenters. The lowest BCUT2D eigenvalue weighted by molar-refractivity contribution is 0.226. The summed E-state index contributed by atoms with van der Waals surface area (Å²) in [4.78, 5) is 0. The maximum absolute atomic E-state index is 11.1. The lowest BCUT2D eigenvalue weighted by Gasteiger charge is -2.32. The molecule has 0 fully saturated rings. The van der Waals surface area contributed by atoms with Crippen molar-refractivity contribution in [1.82, 2.24) is 5.32 Å². The minimum absolute atomic E-state index is 0.278. The summed E-state index contributed by atoms with van der Waals surface area (Å²) in [7, 11) is -2.81. The Hall–Kier alpha value is -0.0900. The van der Waals surface area contributed by atoms with Gasteiger partial charge in [0.1, 0.15) is 9.84 Å². The zero-order chi connectivity index (χ0) is 13.4. The SMILES string of the molecule is CCCNCC(CC)(CC)CCCS(C)(=O)=O. The highest BCUT2D eigenvalue weighted by Crippen LogP contribution is 2.31. The molecule has 104 valence electrons. The van der Waals surface area contributed by atoms with Crippen LogP contribution >= 0.6 is 0 Å². The van der Waals surface area contributed by atoms with Crippen molar-refractivity contribution in [3.8, 4) is 0 Å². The average molecular weight is 263 g/mol. The number of hydrogen-bond acceptors (Lipinski definition) is 3. The molecule has 0 aliphatic rings. The van der Waals surface area contributed by atoms with Gasteiger partial charge >= 0.3 is 0 Å². The van der Waals surface area contributed by atoms with Gasteiger partial charge in [-0.2, -0.15) is 0 Å². The molecule has 1 N–H and O–H groups in total. The zero-order valence-corrected chi connectivity index (χ0v) is 12.7. The number of sulfone groups is 1. The number of nitrogens with one attached hydrogen (secondary N) is 1. The molecule has 0 saturated heterocycles. The van der Waals surface area contributed by atoms with Crippen molar-refractivity contribution in [3.05, 3.63) is 0 Å². The largest absolute Gasteiger partial charge is 0.316 e. The fourth-order valence-electron chi connectivity index (χ4n) is 2.18. The molecule has 0 rings (SSSR count). The van der Waals surface area contributed by atoms with Gasteiger partial charge in [0, 0.05) is 18.6 Å². The van der Waals surface area contributed by atoms with Crippen molar-refractivity contribution in [2.24, 2.45) is 5.41 Å². The first-order chi connectivity index (χ1) is 7.89. The molecule has 0 saturated carbocycles. The summed E-state index contributed by atoms with van der Waals surface area (Å²) in [5, 5.41) is 3.48. The smallest absolute Gasteiger partial charge is 0.147 e. The Kier molecular flexibility index (Phi) is 8.05. The fourth-order valence-corrected chi connectivity index (χ4v) is 2.85. The molecule has 0 aromatic rings. The Morgan fingerprint density at radius 1 is 1.12 bits per heavy atom. The van der Waals surface area contributed by atoms with Crippen molar-refractivity contribution >= 4 is 9.84 Å². The summed E-state index contributed by atoms with van der Waals surface area (Å²) >= 11 is 0. The second-order valence-corrected chi connectivity index (χ2v) is 7.38. The monoisotopic (exact) mass is 263 g/mol. The van der Waals surface area contributed by atoms with E-state index in [1.54, 1.807) is 0 Å². The summed E-state index contributed by atoms with van der Waals surface area (Å²) in [6.07, 6.45) is 6.49. The second kappa shape index (κ2) is 8.09. The van der Waals surface area contributed by atoms with Crippen LogP contribution in [-0.4, -0.2) is 33.5 Å². The van der Waals surface area contributed by atoms with Crippen LogP contribution in [0.1, 0.15) is 52.9 Å². The topological polar surface area (TPSA) is 46.2 Å². The molecular weight excluding hydrogens is 234 g/mol. The van der Waals surface area contributed by atoms with Crippen LogP contribution in [0.25, 0.3) is 0 Å². The van der Waals surface area contributed by atoms with E-state index >= 15 is 0 Å². The highest BCUT2D eigenvalue weighted by Gasteiger charge is 2.25. The Bertz CT molecular complexity index is 282. The van der Waals surface area contributed by atoms with Crippen molar-refractivity contribution in [2.75, 3.05) is 25.1 Å². The third-order valence-corrected chi connectivity index (χ3v) is 4.68. The van der Waals surface area contributed by atoms with Gasteiger partial charge < -0.3 is 5.32 Å². The van der Waals surface area contributed by atoms with E-state index < -0.39 is 9.84 Å². The van der Waals surface area contributed by atoms with Crippen molar-refractivity contribution in [1.29, 1.82) is 0 Å². The summed E-state index contributed by atoms with van der Waals surface area (Å²) in [5.74, 6) is 0.322. The van der Waals surface area contributed by atoms with Gasteiger partial charge in [0.25, 0.3) is 0 Å². The van der Waals surface area contributed by atoms with Crippen LogP contribution in [0, 0.1) is 5.41 Å². The predicted molar refractivity (Wildman–Crippen MR) is 75.1 cm³/mol. The maximum atomic E-state index is 11.1. The van der Waals surface area contributed by atoms with Gasteiger partial charge in [-0.25, -0.2) is 8.42 Å². The Morgan fingerprint density at radius 3 is 2.12 bits per heavy atom. The highest BCUT2D eigenvalue weighted by atomic mass is 32.2. The molecule has 0 heterocycles. The quantitative estimate of drug-likeness (QED) is 0.616. The fraction of sp³-hybridized carbons (Fsp3) is 1.00. The molecule has 0 aromatic carbocycles. The van der Waals surface area contributed by atoms with Crippen LogP contribution in [0.4, 0.5) is 0 Å². The molecule has 0 aliphatic carbocycles. The third kappa shape index (κ3) is 7.77. The van der Waals surface area contributed by atoms with Crippen LogP contribution < -0.4 is 5.32 Å². The first kappa shape index (κ1) is 16.9. The van der Waals surface area contributed by atoms with Gasteiger partial charge in [-0.3, -0.25) is 0 Å². The average Bonchev–Trinajstić information content (AvgIpc) is 2.26. The van der Waals surface area contributed by atoms with Gasteiger partial charge in [0.15, 0.2) is 0 Å². The number of rotatable bonds is 10. The van der Waals surface area contributed by atoms with Crippen molar-refractivity contribution in [3.63, 3.8) is 0 Å². The van der Waals surface area contributed by atoms with Crippen LogP contribution in [0.3, 0.4) is 0 Å². The van der Waals surface area contributed by atoms with Crippen molar-refractivity contribution in [2.45, 2.75) is 52.9 Å². The van der Waals surface area contributed by atoms with Gasteiger partial charge in [0.05, 0.1) is 0 Å². The van der Waals surface area contributed by atoms with E-state index in [-0.39, 0.29) is 5.41 Å². The molecule has 0 radical (unpaired) electrons. The van der Waals surface area contributed by atoms with Crippen LogP contribution in [-0.2, 0) is 9.84 Å². The first-order valence-electron chi connectivity index (χ1n) is 6.77. The predicted octanol–water partition coefficient (Wildman–Crippen LogP) is 2.62. The van der Waals surface area contributed by atoms with Gasteiger partial charge in [-0.05, 0) is 44.1 Å². The maximum Gasteiger partial charge on any atom is 0.147 e. The van der Waals surface area contributed by atoms with E-state index in [0.29, 0.717) is 5.75 Å². The molecule has 0 aliphatic heterocycles. The standard InChI is InChI=1S/C13H29NO2S/c1-5-10-14-12-13(6-2,7-3)9-8-11-17(4,15)16/h14H,5-12H2,1-4H3. The molecule has 0 unspecified atom stereocenters. The zero-order valence-electron chi connectivity index (χ0n) is 11.9. The van der Waals surface area contributed by atoms with E-state index in [9.17, 15) is 8.42 Å². The van der Waals surface area contributed by atoms with Crippen LogP contribution in [0.5, 0.6) is 0 Å². The molecular formula is C13H29NO2S.